The maximum atomic E-state index is 10.4. The molecule has 0 radical (unpaired) electrons. The molecule has 3 N–H and O–H groups in total. The second-order valence-electron chi connectivity index (χ2n) is 5.57. The summed E-state index contributed by atoms with van der Waals surface area (Å²) in [6.45, 7) is 0.587. The topological polar surface area (TPSA) is 74.1 Å². The summed E-state index contributed by atoms with van der Waals surface area (Å²) in [5, 5.41) is 20.5. The first-order chi connectivity index (χ1) is 10.8. The van der Waals surface area contributed by atoms with Crippen molar-refractivity contribution in [3.8, 4) is 11.5 Å². The number of aliphatic hydroxyl groups is 1. The Labute approximate surface area is 128 Å². The third kappa shape index (κ3) is 2.34. The van der Waals surface area contributed by atoms with Gasteiger partial charge in [-0.25, -0.2) is 0 Å². The molecule has 1 aliphatic rings. The molecule has 0 bridgehead atoms. The maximum absolute atomic E-state index is 10.4. The molecular formula is C17H17N3O2. The minimum atomic E-state index is -0.460. The quantitative estimate of drug-likeness (QED) is 0.691. The van der Waals surface area contributed by atoms with Gasteiger partial charge in [-0.2, -0.15) is 5.10 Å². The van der Waals surface area contributed by atoms with Gasteiger partial charge >= 0.3 is 0 Å². The number of furan rings is 1. The summed E-state index contributed by atoms with van der Waals surface area (Å²) in [6, 6.07) is 13.8. The lowest BCUT2D eigenvalue weighted by atomic mass is 10.1. The van der Waals surface area contributed by atoms with Crippen molar-refractivity contribution in [2.75, 3.05) is 0 Å². The van der Waals surface area contributed by atoms with Gasteiger partial charge < -0.3 is 14.8 Å². The molecule has 0 saturated carbocycles. The molecule has 2 aromatic heterocycles. The third-order valence-electron chi connectivity index (χ3n) is 4.16. The van der Waals surface area contributed by atoms with E-state index < -0.39 is 6.10 Å². The van der Waals surface area contributed by atoms with Crippen molar-refractivity contribution in [3.05, 3.63) is 65.5 Å². The Kier molecular flexibility index (Phi) is 3.29. The predicted octanol–water partition coefficient (Wildman–Crippen LogP) is 2.42. The van der Waals surface area contributed by atoms with Crippen molar-refractivity contribution >= 4 is 0 Å². The van der Waals surface area contributed by atoms with Crippen molar-refractivity contribution < 1.29 is 9.52 Å². The van der Waals surface area contributed by atoms with Gasteiger partial charge in [0.15, 0.2) is 5.76 Å². The molecule has 0 fully saturated rings. The van der Waals surface area contributed by atoms with Crippen molar-refractivity contribution in [1.82, 2.24) is 15.5 Å². The predicted molar refractivity (Wildman–Crippen MR) is 82.0 cm³/mol. The molecule has 3 aromatic rings. The summed E-state index contributed by atoms with van der Waals surface area (Å²) in [6.07, 6.45) is 2.08. The number of aromatic nitrogens is 2. The standard InChI is InChI=1S/C17H17N3O2/c21-17-13-4-2-1-3-11(13)9-15(17)18-10-12-5-6-16(22-12)14-7-8-19-20-14/h1-8,15,17-18,21H,9-10H2,(H,19,20)/t15-,17-/m1/s1. The van der Waals surface area contributed by atoms with Gasteiger partial charge in [0.25, 0.3) is 0 Å². The highest BCUT2D eigenvalue weighted by atomic mass is 16.3. The first-order valence-corrected chi connectivity index (χ1v) is 7.39. The minimum Gasteiger partial charge on any atom is -0.458 e. The highest BCUT2D eigenvalue weighted by molar-refractivity contribution is 5.51. The monoisotopic (exact) mass is 295 g/mol. The van der Waals surface area contributed by atoms with Crippen LogP contribution in [0.4, 0.5) is 0 Å². The number of H-pyrrole nitrogens is 1. The van der Waals surface area contributed by atoms with E-state index in [0.717, 1.165) is 29.2 Å². The zero-order valence-corrected chi connectivity index (χ0v) is 12.0. The van der Waals surface area contributed by atoms with E-state index in [1.54, 1.807) is 6.20 Å². The van der Waals surface area contributed by atoms with Gasteiger partial charge in [0.1, 0.15) is 11.5 Å². The van der Waals surface area contributed by atoms with Crippen LogP contribution in [0.1, 0.15) is 23.0 Å². The van der Waals surface area contributed by atoms with Gasteiger partial charge in [0.2, 0.25) is 0 Å². The van der Waals surface area contributed by atoms with Crippen LogP contribution < -0.4 is 5.32 Å². The Morgan fingerprint density at radius 3 is 2.95 bits per heavy atom. The molecule has 2 atom stereocenters. The molecule has 112 valence electrons. The van der Waals surface area contributed by atoms with E-state index in [1.165, 1.54) is 5.56 Å². The third-order valence-corrected chi connectivity index (χ3v) is 4.16. The number of hydrogen-bond acceptors (Lipinski definition) is 4. The SMILES string of the molecule is O[C@@H]1c2ccccc2C[C@H]1NCc1ccc(-c2ccn[nH]2)o1. The van der Waals surface area contributed by atoms with Crippen LogP contribution in [-0.2, 0) is 13.0 Å². The largest absolute Gasteiger partial charge is 0.458 e. The number of fused-ring (bicyclic) bond motifs is 1. The molecule has 0 amide bonds. The van der Waals surface area contributed by atoms with Crippen molar-refractivity contribution in [1.29, 1.82) is 0 Å². The molecule has 1 aliphatic carbocycles. The van der Waals surface area contributed by atoms with Gasteiger partial charge in [-0.3, -0.25) is 5.10 Å². The van der Waals surface area contributed by atoms with Gasteiger partial charge in [-0.05, 0) is 35.7 Å². The lowest BCUT2D eigenvalue weighted by molar-refractivity contribution is 0.140. The van der Waals surface area contributed by atoms with Gasteiger partial charge in [0, 0.05) is 12.2 Å². The van der Waals surface area contributed by atoms with Gasteiger partial charge in [-0.15, -0.1) is 0 Å². The molecule has 5 heteroatoms. The van der Waals surface area contributed by atoms with Crippen molar-refractivity contribution in [2.24, 2.45) is 0 Å². The number of benzene rings is 1. The summed E-state index contributed by atoms with van der Waals surface area (Å²) < 4.78 is 5.78. The zero-order chi connectivity index (χ0) is 14.9. The maximum Gasteiger partial charge on any atom is 0.152 e. The summed E-state index contributed by atoms with van der Waals surface area (Å²) >= 11 is 0. The van der Waals surface area contributed by atoms with Crippen LogP contribution in [0.2, 0.25) is 0 Å². The normalized spacial score (nSPS) is 20.2. The fourth-order valence-electron chi connectivity index (χ4n) is 3.00. The van der Waals surface area contributed by atoms with Crippen LogP contribution in [0.25, 0.3) is 11.5 Å². The summed E-state index contributed by atoms with van der Waals surface area (Å²) in [4.78, 5) is 0. The van der Waals surface area contributed by atoms with Crippen molar-refractivity contribution in [2.45, 2.75) is 25.1 Å². The first kappa shape index (κ1) is 13.3. The van der Waals surface area contributed by atoms with Crippen LogP contribution in [-0.4, -0.2) is 21.3 Å². The van der Waals surface area contributed by atoms with E-state index >= 15 is 0 Å². The Morgan fingerprint density at radius 1 is 1.23 bits per heavy atom. The number of nitrogens with zero attached hydrogens (tertiary/aromatic N) is 1. The first-order valence-electron chi connectivity index (χ1n) is 7.39. The van der Waals surface area contributed by atoms with E-state index in [0.29, 0.717) is 6.54 Å². The molecule has 0 aliphatic heterocycles. The van der Waals surface area contributed by atoms with E-state index in [1.807, 2.05) is 36.4 Å². The minimum absolute atomic E-state index is 0.0260. The Hall–Kier alpha value is -2.37. The Bertz CT molecular complexity index is 764. The second-order valence-corrected chi connectivity index (χ2v) is 5.57. The second kappa shape index (κ2) is 5.44. The lowest BCUT2D eigenvalue weighted by Crippen LogP contribution is -2.32. The lowest BCUT2D eigenvalue weighted by Gasteiger charge is -2.16. The van der Waals surface area contributed by atoms with Gasteiger partial charge in [0.05, 0.1) is 12.6 Å². The number of aliphatic hydroxyl groups excluding tert-OH is 1. The molecule has 1 aromatic carbocycles. The number of aromatic amines is 1. The highest BCUT2D eigenvalue weighted by Gasteiger charge is 2.30. The van der Waals surface area contributed by atoms with E-state index in [4.69, 9.17) is 4.42 Å². The van der Waals surface area contributed by atoms with E-state index in [9.17, 15) is 5.11 Å². The molecule has 22 heavy (non-hydrogen) atoms. The van der Waals surface area contributed by atoms with E-state index in [2.05, 4.69) is 21.6 Å². The van der Waals surface area contributed by atoms with E-state index in [-0.39, 0.29) is 6.04 Å². The Morgan fingerprint density at radius 2 is 2.14 bits per heavy atom. The molecule has 4 rings (SSSR count). The smallest absolute Gasteiger partial charge is 0.152 e. The van der Waals surface area contributed by atoms with Crippen molar-refractivity contribution in [3.63, 3.8) is 0 Å². The zero-order valence-electron chi connectivity index (χ0n) is 12.0. The molecule has 0 saturated heterocycles. The molecule has 0 spiro atoms. The number of nitrogens with one attached hydrogen (secondary N) is 2. The van der Waals surface area contributed by atoms with Crippen LogP contribution in [0.15, 0.2) is 53.1 Å². The van der Waals surface area contributed by atoms with Gasteiger partial charge in [-0.1, -0.05) is 24.3 Å². The highest BCUT2D eigenvalue weighted by Crippen LogP contribution is 2.31. The fraction of sp³-hybridized carbons (Fsp3) is 0.235. The number of rotatable bonds is 4. The molecule has 5 nitrogen and oxygen atoms in total. The van der Waals surface area contributed by atoms with Crippen LogP contribution in [0.5, 0.6) is 0 Å². The average molecular weight is 295 g/mol. The number of hydrogen-bond donors (Lipinski definition) is 3. The average Bonchev–Trinajstić information content (AvgIpc) is 3.26. The fourth-order valence-corrected chi connectivity index (χ4v) is 3.00. The van der Waals surface area contributed by atoms with Crippen LogP contribution in [0.3, 0.4) is 0 Å². The van der Waals surface area contributed by atoms with Crippen LogP contribution in [0, 0.1) is 0 Å². The summed E-state index contributed by atoms with van der Waals surface area (Å²) in [5.41, 5.74) is 3.10. The Balaban J connectivity index is 1.42. The summed E-state index contributed by atoms with van der Waals surface area (Å²) in [7, 11) is 0. The summed E-state index contributed by atoms with van der Waals surface area (Å²) in [5.74, 6) is 1.61. The molecule has 0 unspecified atom stereocenters. The van der Waals surface area contributed by atoms with Crippen LogP contribution >= 0.6 is 0 Å². The molecule has 2 heterocycles. The molecular weight excluding hydrogens is 278 g/mol.